The first-order valence-corrected chi connectivity index (χ1v) is 10.2. The van der Waals surface area contributed by atoms with Crippen molar-refractivity contribution in [1.29, 1.82) is 0 Å². The van der Waals surface area contributed by atoms with E-state index >= 15 is 0 Å². The van der Waals surface area contributed by atoms with Crippen molar-refractivity contribution in [2.45, 2.75) is 38.1 Å². The maximum Gasteiger partial charge on any atom is 0.276 e. The summed E-state index contributed by atoms with van der Waals surface area (Å²) in [5, 5.41) is 10.9. The molecule has 2 fully saturated rings. The number of carbonyl (C=O) groups is 1. The van der Waals surface area contributed by atoms with Crippen LogP contribution in [0.1, 0.15) is 47.8 Å². The number of benzene rings is 1. The van der Waals surface area contributed by atoms with Crippen LogP contribution in [0.4, 0.5) is 5.69 Å². The number of rotatable bonds is 6. The van der Waals surface area contributed by atoms with Gasteiger partial charge in [-0.15, -0.1) is 0 Å². The molecule has 27 heavy (non-hydrogen) atoms. The van der Waals surface area contributed by atoms with Crippen LogP contribution in [0.25, 0.3) is 0 Å². The largest absolute Gasteiger partial charge is 0.321 e. The highest BCUT2D eigenvalue weighted by Crippen LogP contribution is 2.17. The summed E-state index contributed by atoms with van der Waals surface area (Å²) >= 11 is 0. The van der Waals surface area contributed by atoms with E-state index in [1.807, 2.05) is 23.0 Å². The molecular formula is C21H29N5O. The van der Waals surface area contributed by atoms with E-state index in [2.05, 4.69) is 32.8 Å². The van der Waals surface area contributed by atoms with Crippen molar-refractivity contribution >= 4 is 11.6 Å². The highest BCUT2D eigenvalue weighted by molar-refractivity contribution is 6.02. The van der Waals surface area contributed by atoms with E-state index in [0.717, 1.165) is 44.6 Å². The minimum absolute atomic E-state index is 0.144. The van der Waals surface area contributed by atoms with Crippen LogP contribution in [-0.2, 0) is 6.42 Å². The summed E-state index contributed by atoms with van der Waals surface area (Å²) in [5.74, 6) is -0.144. The third-order valence-corrected chi connectivity index (χ3v) is 5.59. The summed E-state index contributed by atoms with van der Waals surface area (Å²) < 4.78 is 1.92. The van der Waals surface area contributed by atoms with Crippen LogP contribution in [-0.4, -0.2) is 53.3 Å². The fraction of sp³-hybridized carbons (Fsp3) is 0.524. The average molecular weight is 367 g/mol. The van der Waals surface area contributed by atoms with Crippen molar-refractivity contribution in [2.75, 3.05) is 38.0 Å². The molecule has 1 aromatic heterocycles. The Bertz CT molecular complexity index is 759. The first-order chi connectivity index (χ1) is 13.3. The minimum atomic E-state index is -0.144. The lowest BCUT2D eigenvalue weighted by Crippen LogP contribution is -2.32. The molecule has 0 saturated carbocycles. The molecule has 1 amide bonds. The zero-order chi connectivity index (χ0) is 18.5. The molecule has 2 aliphatic heterocycles. The molecule has 0 radical (unpaired) electrons. The topological polar surface area (TPSA) is 62.2 Å². The molecule has 2 aromatic rings. The number of amides is 1. The molecule has 4 rings (SSSR count). The van der Waals surface area contributed by atoms with Gasteiger partial charge in [-0.1, -0.05) is 12.1 Å². The minimum Gasteiger partial charge on any atom is -0.321 e. The second-order valence-corrected chi connectivity index (χ2v) is 7.63. The number of nitrogens with zero attached hydrogens (tertiary/aromatic N) is 3. The Labute approximate surface area is 160 Å². The van der Waals surface area contributed by atoms with Gasteiger partial charge < -0.3 is 15.5 Å². The number of nitrogens with one attached hydrogen (secondary N) is 2. The highest BCUT2D eigenvalue weighted by Gasteiger charge is 2.18. The summed E-state index contributed by atoms with van der Waals surface area (Å²) in [6, 6.07) is 10.3. The van der Waals surface area contributed by atoms with Crippen molar-refractivity contribution in [1.82, 2.24) is 20.0 Å². The summed E-state index contributed by atoms with van der Waals surface area (Å²) in [6.07, 6.45) is 7.83. The predicted molar refractivity (Wildman–Crippen MR) is 107 cm³/mol. The van der Waals surface area contributed by atoms with E-state index < -0.39 is 0 Å². The molecule has 2 aliphatic rings. The summed E-state index contributed by atoms with van der Waals surface area (Å²) in [5.41, 5.74) is 2.58. The van der Waals surface area contributed by atoms with Gasteiger partial charge in [-0.2, -0.15) is 5.10 Å². The number of carbonyl (C=O) groups excluding carboxylic acids is 1. The first-order valence-electron chi connectivity index (χ1n) is 10.2. The Morgan fingerprint density at radius 2 is 2.11 bits per heavy atom. The first kappa shape index (κ1) is 18.2. The smallest absolute Gasteiger partial charge is 0.276 e. The van der Waals surface area contributed by atoms with Crippen molar-refractivity contribution in [2.24, 2.45) is 0 Å². The Hall–Kier alpha value is -2.18. The lowest BCUT2D eigenvalue weighted by Gasteiger charge is -2.22. The van der Waals surface area contributed by atoms with E-state index in [9.17, 15) is 4.79 Å². The monoisotopic (exact) mass is 367 g/mol. The van der Waals surface area contributed by atoms with Crippen LogP contribution >= 0.6 is 0 Å². The van der Waals surface area contributed by atoms with Gasteiger partial charge >= 0.3 is 0 Å². The normalized spacial score (nSPS) is 20.7. The summed E-state index contributed by atoms with van der Waals surface area (Å²) in [6.45, 7) is 5.52. The van der Waals surface area contributed by atoms with Gasteiger partial charge in [-0.25, -0.2) is 0 Å². The quantitative estimate of drug-likeness (QED) is 0.824. The van der Waals surface area contributed by atoms with Crippen molar-refractivity contribution < 1.29 is 4.79 Å². The lowest BCUT2D eigenvalue weighted by atomic mass is 10.1. The van der Waals surface area contributed by atoms with E-state index in [1.54, 1.807) is 6.07 Å². The standard InChI is InChI=1S/C21H29N5O/c27-21(20-9-14-26(24-20)19-7-4-10-22-16-19)23-18-6-3-5-17(15-18)8-13-25-11-1-2-12-25/h3,5-6,9,14-15,19,22H,1-2,4,7-8,10-13,16H2,(H,23,27). The highest BCUT2D eigenvalue weighted by atomic mass is 16.1. The summed E-state index contributed by atoms with van der Waals surface area (Å²) in [4.78, 5) is 15.1. The van der Waals surface area contributed by atoms with Crippen molar-refractivity contribution in [3.05, 3.63) is 47.8 Å². The molecule has 0 aliphatic carbocycles. The zero-order valence-electron chi connectivity index (χ0n) is 15.9. The van der Waals surface area contributed by atoms with Gasteiger partial charge in [-0.3, -0.25) is 9.48 Å². The van der Waals surface area contributed by atoms with Crippen LogP contribution in [0.5, 0.6) is 0 Å². The van der Waals surface area contributed by atoms with Crippen LogP contribution < -0.4 is 10.6 Å². The van der Waals surface area contributed by atoms with Crippen molar-refractivity contribution in [3.8, 4) is 0 Å². The molecule has 0 bridgehead atoms. The number of hydrogen-bond acceptors (Lipinski definition) is 4. The molecule has 6 heteroatoms. The fourth-order valence-electron chi connectivity index (χ4n) is 4.01. The second kappa shape index (κ2) is 8.67. The van der Waals surface area contributed by atoms with Gasteiger partial charge in [0.05, 0.1) is 6.04 Å². The number of piperidine rings is 1. The molecule has 2 N–H and O–H groups in total. The number of hydrogen-bond donors (Lipinski definition) is 2. The third-order valence-electron chi connectivity index (χ3n) is 5.59. The Morgan fingerprint density at radius 1 is 1.22 bits per heavy atom. The maximum absolute atomic E-state index is 12.6. The van der Waals surface area contributed by atoms with Gasteiger partial charge in [0.25, 0.3) is 5.91 Å². The third kappa shape index (κ3) is 4.76. The molecule has 144 valence electrons. The molecule has 6 nitrogen and oxygen atoms in total. The zero-order valence-corrected chi connectivity index (χ0v) is 15.9. The molecule has 1 unspecified atom stereocenters. The SMILES string of the molecule is O=C(Nc1cccc(CCN2CCCC2)c1)c1ccn(C2CCCNC2)n1. The number of likely N-dealkylation sites (tertiary alicyclic amines) is 1. The molecule has 1 atom stereocenters. The fourth-order valence-corrected chi connectivity index (χ4v) is 4.01. The Kier molecular flexibility index (Phi) is 5.84. The van der Waals surface area contributed by atoms with Gasteiger partial charge in [-0.05, 0) is 75.5 Å². The van der Waals surface area contributed by atoms with Crippen LogP contribution in [0.2, 0.25) is 0 Å². The lowest BCUT2D eigenvalue weighted by molar-refractivity contribution is 0.102. The number of anilines is 1. The average Bonchev–Trinajstić information content (AvgIpc) is 3.39. The molecule has 1 aromatic carbocycles. The van der Waals surface area contributed by atoms with E-state index in [-0.39, 0.29) is 5.91 Å². The molecular weight excluding hydrogens is 338 g/mol. The summed E-state index contributed by atoms with van der Waals surface area (Å²) in [7, 11) is 0. The van der Waals surface area contributed by atoms with E-state index in [1.165, 1.54) is 31.5 Å². The van der Waals surface area contributed by atoms with E-state index in [4.69, 9.17) is 0 Å². The van der Waals surface area contributed by atoms with Gasteiger partial charge in [0.1, 0.15) is 0 Å². The van der Waals surface area contributed by atoms with Crippen LogP contribution in [0, 0.1) is 0 Å². The molecule has 3 heterocycles. The predicted octanol–water partition coefficient (Wildman–Crippen LogP) is 2.70. The maximum atomic E-state index is 12.6. The molecule has 0 spiro atoms. The Morgan fingerprint density at radius 3 is 2.93 bits per heavy atom. The van der Waals surface area contributed by atoms with Crippen LogP contribution in [0.3, 0.4) is 0 Å². The Balaban J connectivity index is 1.34. The van der Waals surface area contributed by atoms with Gasteiger partial charge in [0, 0.05) is 25.0 Å². The number of aromatic nitrogens is 2. The van der Waals surface area contributed by atoms with Gasteiger partial charge in [0.2, 0.25) is 0 Å². The second-order valence-electron chi connectivity index (χ2n) is 7.63. The van der Waals surface area contributed by atoms with Gasteiger partial charge in [0.15, 0.2) is 5.69 Å². The molecule has 2 saturated heterocycles. The van der Waals surface area contributed by atoms with E-state index in [0.29, 0.717) is 11.7 Å². The van der Waals surface area contributed by atoms with Crippen molar-refractivity contribution in [3.63, 3.8) is 0 Å². The van der Waals surface area contributed by atoms with Crippen LogP contribution in [0.15, 0.2) is 36.5 Å².